The van der Waals surface area contributed by atoms with Gasteiger partial charge in [0, 0.05) is 12.0 Å². The lowest BCUT2D eigenvalue weighted by Crippen LogP contribution is -2.24. The predicted molar refractivity (Wildman–Crippen MR) is 61.0 cm³/mol. The standard InChI is InChI=1S/C11H13ClN2O/c1-4-5-6-14-10(15)7-9(12)13-11(14)8(2)3/h7-8H,6H2,1-3H3. The van der Waals surface area contributed by atoms with E-state index in [1.165, 1.54) is 6.07 Å². The summed E-state index contributed by atoms with van der Waals surface area (Å²) in [6.07, 6.45) is 0. The lowest BCUT2D eigenvalue weighted by molar-refractivity contribution is 0.639. The fourth-order valence-corrected chi connectivity index (χ4v) is 1.43. The van der Waals surface area contributed by atoms with E-state index in [0.717, 1.165) is 0 Å². The lowest BCUT2D eigenvalue weighted by Gasteiger charge is -2.11. The zero-order chi connectivity index (χ0) is 11.4. The maximum absolute atomic E-state index is 11.6. The van der Waals surface area contributed by atoms with E-state index >= 15 is 0 Å². The van der Waals surface area contributed by atoms with Crippen molar-refractivity contribution in [3.63, 3.8) is 0 Å². The normalized spacial score (nSPS) is 9.93. The minimum absolute atomic E-state index is 0.148. The Balaban J connectivity index is 3.31. The molecule has 80 valence electrons. The topological polar surface area (TPSA) is 34.9 Å². The van der Waals surface area contributed by atoms with Crippen molar-refractivity contribution >= 4 is 11.6 Å². The van der Waals surface area contributed by atoms with Gasteiger partial charge in [0.25, 0.3) is 5.56 Å². The summed E-state index contributed by atoms with van der Waals surface area (Å²) in [6.45, 7) is 6.04. The molecule has 0 aliphatic heterocycles. The van der Waals surface area contributed by atoms with Gasteiger partial charge in [0.15, 0.2) is 0 Å². The summed E-state index contributed by atoms with van der Waals surface area (Å²) in [4.78, 5) is 15.8. The van der Waals surface area contributed by atoms with E-state index in [-0.39, 0.29) is 16.6 Å². The van der Waals surface area contributed by atoms with Crippen LogP contribution >= 0.6 is 11.6 Å². The van der Waals surface area contributed by atoms with Crippen LogP contribution in [-0.2, 0) is 6.54 Å². The summed E-state index contributed by atoms with van der Waals surface area (Å²) in [5.74, 6) is 6.43. The van der Waals surface area contributed by atoms with Gasteiger partial charge in [-0.25, -0.2) is 4.98 Å². The van der Waals surface area contributed by atoms with E-state index < -0.39 is 0 Å². The Kier molecular flexibility index (Phi) is 3.93. The molecule has 0 aromatic carbocycles. The van der Waals surface area contributed by atoms with E-state index in [1.807, 2.05) is 13.8 Å². The molecule has 4 heteroatoms. The fourth-order valence-electron chi connectivity index (χ4n) is 1.25. The number of halogens is 1. The fraction of sp³-hybridized carbons (Fsp3) is 0.455. The van der Waals surface area contributed by atoms with Gasteiger partial charge in [-0.3, -0.25) is 9.36 Å². The van der Waals surface area contributed by atoms with Crippen LogP contribution in [0.3, 0.4) is 0 Å². The van der Waals surface area contributed by atoms with Crippen LogP contribution in [0.5, 0.6) is 0 Å². The highest BCUT2D eigenvalue weighted by Gasteiger charge is 2.10. The monoisotopic (exact) mass is 224 g/mol. The Hall–Kier alpha value is -1.27. The van der Waals surface area contributed by atoms with Crippen molar-refractivity contribution in [1.82, 2.24) is 9.55 Å². The van der Waals surface area contributed by atoms with E-state index in [4.69, 9.17) is 11.6 Å². The van der Waals surface area contributed by atoms with Crippen LogP contribution in [0.15, 0.2) is 10.9 Å². The smallest absolute Gasteiger partial charge is 0.255 e. The van der Waals surface area contributed by atoms with Crippen LogP contribution in [0.4, 0.5) is 0 Å². The Morgan fingerprint density at radius 2 is 2.27 bits per heavy atom. The van der Waals surface area contributed by atoms with Gasteiger partial charge >= 0.3 is 0 Å². The van der Waals surface area contributed by atoms with Crippen molar-refractivity contribution < 1.29 is 0 Å². The molecule has 0 bridgehead atoms. The highest BCUT2D eigenvalue weighted by atomic mass is 35.5. The first-order chi connectivity index (χ1) is 7.06. The molecule has 1 aromatic heterocycles. The van der Waals surface area contributed by atoms with Gasteiger partial charge in [-0.2, -0.15) is 0 Å². The van der Waals surface area contributed by atoms with Gasteiger partial charge < -0.3 is 0 Å². The Morgan fingerprint density at radius 1 is 1.60 bits per heavy atom. The minimum Gasteiger partial charge on any atom is -0.285 e. The number of aromatic nitrogens is 2. The SMILES string of the molecule is CC#CCn1c(C(C)C)nc(Cl)cc1=O. The van der Waals surface area contributed by atoms with Crippen LogP contribution in [0.25, 0.3) is 0 Å². The van der Waals surface area contributed by atoms with Crippen molar-refractivity contribution in [2.75, 3.05) is 0 Å². The first-order valence-corrected chi connectivity index (χ1v) is 5.11. The summed E-state index contributed by atoms with van der Waals surface area (Å²) in [7, 11) is 0. The van der Waals surface area contributed by atoms with Gasteiger partial charge in [0.2, 0.25) is 0 Å². The minimum atomic E-state index is -0.151. The van der Waals surface area contributed by atoms with Gasteiger partial charge in [-0.1, -0.05) is 31.4 Å². The summed E-state index contributed by atoms with van der Waals surface area (Å²) >= 11 is 5.74. The Morgan fingerprint density at radius 3 is 2.80 bits per heavy atom. The quantitative estimate of drug-likeness (QED) is 0.569. The molecular weight excluding hydrogens is 212 g/mol. The number of hydrogen-bond acceptors (Lipinski definition) is 2. The molecule has 0 N–H and O–H groups in total. The zero-order valence-electron chi connectivity index (χ0n) is 9.04. The third-order valence-corrected chi connectivity index (χ3v) is 2.13. The van der Waals surface area contributed by atoms with E-state index in [1.54, 1.807) is 11.5 Å². The molecule has 0 saturated carbocycles. The summed E-state index contributed by atoms with van der Waals surface area (Å²) < 4.78 is 1.55. The second-order valence-corrected chi connectivity index (χ2v) is 3.83. The van der Waals surface area contributed by atoms with Gasteiger partial charge in [-0.15, -0.1) is 5.92 Å². The molecular formula is C11H13ClN2O. The van der Waals surface area contributed by atoms with E-state index in [2.05, 4.69) is 16.8 Å². The number of nitrogens with zero attached hydrogens (tertiary/aromatic N) is 2. The van der Waals surface area contributed by atoms with E-state index in [0.29, 0.717) is 12.4 Å². The molecule has 3 nitrogen and oxygen atoms in total. The van der Waals surface area contributed by atoms with Crippen molar-refractivity contribution in [1.29, 1.82) is 0 Å². The van der Waals surface area contributed by atoms with Crippen molar-refractivity contribution in [2.24, 2.45) is 0 Å². The zero-order valence-corrected chi connectivity index (χ0v) is 9.80. The molecule has 0 amide bonds. The number of hydrogen-bond donors (Lipinski definition) is 0. The molecule has 0 atom stereocenters. The molecule has 15 heavy (non-hydrogen) atoms. The molecule has 0 aliphatic carbocycles. The van der Waals surface area contributed by atoms with Gasteiger partial charge in [-0.05, 0) is 6.92 Å². The first-order valence-electron chi connectivity index (χ1n) is 4.73. The first kappa shape index (κ1) is 11.8. The van der Waals surface area contributed by atoms with E-state index in [9.17, 15) is 4.79 Å². The van der Waals surface area contributed by atoms with Crippen molar-refractivity contribution in [3.8, 4) is 11.8 Å². The van der Waals surface area contributed by atoms with Crippen LogP contribution in [0.1, 0.15) is 32.5 Å². The molecule has 1 heterocycles. The largest absolute Gasteiger partial charge is 0.285 e. The molecule has 0 aliphatic rings. The highest BCUT2D eigenvalue weighted by molar-refractivity contribution is 6.29. The Bertz CT molecular complexity index is 466. The van der Waals surface area contributed by atoms with Crippen molar-refractivity contribution in [3.05, 3.63) is 27.4 Å². The molecule has 1 rings (SSSR count). The molecule has 1 aromatic rings. The molecule has 0 radical (unpaired) electrons. The average Bonchev–Trinajstić information content (AvgIpc) is 2.15. The van der Waals surface area contributed by atoms with Crippen LogP contribution in [0.2, 0.25) is 5.15 Å². The third-order valence-electron chi connectivity index (χ3n) is 1.94. The van der Waals surface area contributed by atoms with Gasteiger partial charge in [0.05, 0.1) is 6.54 Å². The van der Waals surface area contributed by atoms with Crippen LogP contribution in [-0.4, -0.2) is 9.55 Å². The lowest BCUT2D eigenvalue weighted by atomic mass is 10.2. The summed E-state index contributed by atoms with van der Waals surface area (Å²) in [5.41, 5.74) is -0.151. The Labute approximate surface area is 94.1 Å². The average molecular weight is 225 g/mol. The number of rotatable bonds is 2. The molecule has 0 unspecified atom stereocenters. The molecule has 0 saturated heterocycles. The van der Waals surface area contributed by atoms with Gasteiger partial charge in [0.1, 0.15) is 11.0 Å². The van der Waals surface area contributed by atoms with Crippen LogP contribution in [0, 0.1) is 11.8 Å². The second kappa shape index (κ2) is 4.99. The second-order valence-electron chi connectivity index (χ2n) is 3.44. The summed E-state index contributed by atoms with van der Waals surface area (Å²) in [5, 5.41) is 0.240. The summed E-state index contributed by atoms with van der Waals surface area (Å²) in [6, 6.07) is 1.31. The molecule has 0 spiro atoms. The predicted octanol–water partition coefficient (Wildman–Crippen LogP) is 2.04. The van der Waals surface area contributed by atoms with Crippen molar-refractivity contribution in [2.45, 2.75) is 33.2 Å². The third kappa shape index (κ3) is 2.84. The maximum atomic E-state index is 11.6. The molecule has 0 fully saturated rings. The highest BCUT2D eigenvalue weighted by Crippen LogP contribution is 2.12. The maximum Gasteiger partial charge on any atom is 0.255 e. The van der Waals surface area contributed by atoms with Crippen LogP contribution < -0.4 is 5.56 Å².